The van der Waals surface area contributed by atoms with Gasteiger partial charge in [0.1, 0.15) is 11.4 Å². The summed E-state index contributed by atoms with van der Waals surface area (Å²) in [4.78, 5) is 30.7. The highest BCUT2D eigenvalue weighted by atomic mass is 32.1. The van der Waals surface area contributed by atoms with Crippen molar-refractivity contribution < 1.29 is 19.1 Å². The maximum absolute atomic E-state index is 12.4. The molecule has 1 aliphatic rings. The number of carbonyl (C=O) groups excluding carboxylic acids is 2. The summed E-state index contributed by atoms with van der Waals surface area (Å²) in [5.74, 6) is 0.987. The maximum atomic E-state index is 12.4. The highest BCUT2D eigenvalue weighted by Crippen LogP contribution is 2.30. The molecule has 0 saturated carbocycles. The third-order valence-corrected chi connectivity index (χ3v) is 5.52. The van der Waals surface area contributed by atoms with Crippen LogP contribution in [0.15, 0.2) is 18.2 Å². The van der Waals surface area contributed by atoms with E-state index in [0.717, 1.165) is 28.8 Å². The average molecular weight is 406 g/mol. The molecule has 1 aromatic carbocycles. The first-order chi connectivity index (χ1) is 13.2. The van der Waals surface area contributed by atoms with Crippen LogP contribution in [-0.4, -0.2) is 47.7 Å². The van der Waals surface area contributed by atoms with Gasteiger partial charge in [-0.1, -0.05) is 11.3 Å². The summed E-state index contributed by atoms with van der Waals surface area (Å²) in [5.41, 5.74) is 0.349. The number of anilines is 1. The Morgan fingerprint density at radius 1 is 1.29 bits per heavy atom. The molecule has 1 N–H and O–H groups in total. The van der Waals surface area contributed by atoms with Gasteiger partial charge in [-0.2, -0.15) is 0 Å². The minimum Gasteiger partial charge on any atom is -0.497 e. The number of rotatable bonds is 4. The van der Waals surface area contributed by atoms with Crippen molar-refractivity contribution in [2.24, 2.45) is 5.92 Å². The number of hydrogen-bond acceptors (Lipinski definition) is 6. The van der Waals surface area contributed by atoms with Gasteiger partial charge in [-0.15, -0.1) is 0 Å². The molecule has 8 heteroatoms. The molecule has 28 heavy (non-hydrogen) atoms. The second-order valence-electron chi connectivity index (χ2n) is 8.02. The zero-order valence-electron chi connectivity index (χ0n) is 16.8. The molecule has 0 aliphatic carbocycles. The highest BCUT2D eigenvalue weighted by Gasteiger charge is 2.27. The number of nitrogens with one attached hydrogen (secondary N) is 1. The summed E-state index contributed by atoms with van der Waals surface area (Å²) in [5, 5.41) is 3.50. The lowest BCUT2D eigenvalue weighted by molar-refractivity contribution is -0.117. The Morgan fingerprint density at radius 2 is 2.00 bits per heavy atom. The van der Waals surface area contributed by atoms with Crippen LogP contribution in [0.2, 0.25) is 0 Å². The van der Waals surface area contributed by atoms with E-state index >= 15 is 0 Å². The molecule has 1 aliphatic heterocycles. The monoisotopic (exact) mass is 405 g/mol. The zero-order valence-corrected chi connectivity index (χ0v) is 17.6. The topological polar surface area (TPSA) is 80.8 Å². The Bertz CT molecular complexity index is 851. The van der Waals surface area contributed by atoms with Gasteiger partial charge < -0.3 is 19.7 Å². The summed E-state index contributed by atoms with van der Waals surface area (Å²) < 4.78 is 11.6. The molecule has 1 aromatic heterocycles. The standard InChI is InChI=1S/C20H27N3O4S/c1-20(2,3)27-19(25)23-9-7-13(8-10-23)11-17(24)22-18-21-15-6-5-14(26-4)12-16(15)28-18/h5-6,12-13H,7-11H2,1-4H3,(H,21,22,24). The number of amides is 2. The minimum atomic E-state index is -0.491. The van der Waals surface area contributed by atoms with E-state index in [1.165, 1.54) is 11.3 Å². The number of ether oxygens (including phenoxy) is 2. The van der Waals surface area contributed by atoms with Crippen molar-refractivity contribution in [1.82, 2.24) is 9.88 Å². The molecule has 1 saturated heterocycles. The van der Waals surface area contributed by atoms with Gasteiger partial charge in [0.15, 0.2) is 5.13 Å². The van der Waals surface area contributed by atoms with E-state index in [4.69, 9.17) is 9.47 Å². The van der Waals surface area contributed by atoms with Crippen molar-refractivity contribution >= 4 is 38.7 Å². The molecule has 0 atom stereocenters. The quantitative estimate of drug-likeness (QED) is 0.821. The second-order valence-corrected chi connectivity index (χ2v) is 9.05. The van der Waals surface area contributed by atoms with E-state index in [1.54, 1.807) is 12.0 Å². The Balaban J connectivity index is 1.49. The maximum Gasteiger partial charge on any atom is 0.410 e. The number of nitrogens with zero attached hydrogens (tertiary/aromatic N) is 2. The lowest BCUT2D eigenvalue weighted by atomic mass is 9.93. The number of hydrogen-bond donors (Lipinski definition) is 1. The van der Waals surface area contributed by atoms with Crippen LogP contribution in [0, 0.1) is 5.92 Å². The molecule has 2 heterocycles. The first kappa shape index (κ1) is 20.4. The van der Waals surface area contributed by atoms with Gasteiger partial charge in [0.2, 0.25) is 5.91 Å². The molecule has 3 rings (SSSR count). The van der Waals surface area contributed by atoms with Gasteiger partial charge in [0, 0.05) is 19.5 Å². The zero-order chi connectivity index (χ0) is 20.3. The molecule has 1 fully saturated rings. The molecule has 0 unspecified atom stereocenters. The minimum absolute atomic E-state index is 0.0401. The number of likely N-dealkylation sites (tertiary alicyclic amines) is 1. The van der Waals surface area contributed by atoms with Crippen LogP contribution in [-0.2, 0) is 9.53 Å². The van der Waals surface area contributed by atoms with Gasteiger partial charge >= 0.3 is 6.09 Å². The summed E-state index contributed by atoms with van der Waals surface area (Å²) in [6.45, 7) is 6.82. The normalized spacial score (nSPS) is 15.5. The number of aromatic nitrogens is 1. The summed E-state index contributed by atoms with van der Waals surface area (Å²) >= 11 is 1.43. The fraction of sp³-hybridized carbons (Fsp3) is 0.550. The Hall–Kier alpha value is -2.35. The lowest BCUT2D eigenvalue weighted by Crippen LogP contribution is -2.42. The van der Waals surface area contributed by atoms with Crippen molar-refractivity contribution in [2.75, 3.05) is 25.5 Å². The van der Waals surface area contributed by atoms with E-state index in [9.17, 15) is 9.59 Å². The van der Waals surface area contributed by atoms with Crippen LogP contribution in [0.4, 0.5) is 9.93 Å². The van der Waals surface area contributed by atoms with E-state index < -0.39 is 5.60 Å². The molecule has 0 radical (unpaired) electrons. The first-order valence-corrected chi connectivity index (χ1v) is 10.3. The van der Waals surface area contributed by atoms with E-state index in [1.807, 2.05) is 39.0 Å². The van der Waals surface area contributed by atoms with Gasteiger partial charge in [0.25, 0.3) is 0 Å². The molecular formula is C20H27N3O4S. The van der Waals surface area contributed by atoms with Crippen molar-refractivity contribution in [2.45, 2.75) is 45.6 Å². The third kappa shape index (κ3) is 5.34. The lowest BCUT2D eigenvalue weighted by Gasteiger charge is -2.33. The van der Waals surface area contributed by atoms with Crippen molar-refractivity contribution in [1.29, 1.82) is 0 Å². The number of methoxy groups -OCH3 is 1. The number of thiazole rings is 1. The van der Waals surface area contributed by atoms with Gasteiger partial charge in [-0.05, 0) is 57.7 Å². The van der Waals surface area contributed by atoms with Gasteiger partial charge in [-0.3, -0.25) is 4.79 Å². The van der Waals surface area contributed by atoms with Crippen LogP contribution in [0.25, 0.3) is 10.2 Å². The van der Waals surface area contributed by atoms with Crippen molar-refractivity contribution in [3.63, 3.8) is 0 Å². The predicted molar refractivity (Wildman–Crippen MR) is 110 cm³/mol. The first-order valence-electron chi connectivity index (χ1n) is 9.46. The number of carbonyl (C=O) groups is 2. The summed E-state index contributed by atoms with van der Waals surface area (Å²) in [7, 11) is 1.62. The van der Waals surface area contributed by atoms with Crippen LogP contribution in [0.5, 0.6) is 5.75 Å². The number of fused-ring (bicyclic) bond motifs is 1. The van der Waals surface area contributed by atoms with Crippen LogP contribution < -0.4 is 10.1 Å². The Labute approximate surface area is 169 Å². The summed E-state index contributed by atoms with van der Waals surface area (Å²) in [6.07, 6.45) is 1.75. The fourth-order valence-electron chi connectivity index (χ4n) is 3.16. The Morgan fingerprint density at radius 3 is 2.64 bits per heavy atom. The average Bonchev–Trinajstić information content (AvgIpc) is 3.01. The largest absolute Gasteiger partial charge is 0.497 e. The molecular weight excluding hydrogens is 378 g/mol. The van der Waals surface area contributed by atoms with Crippen LogP contribution in [0.3, 0.4) is 0 Å². The fourth-order valence-corrected chi connectivity index (χ4v) is 4.07. The van der Waals surface area contributed by atoms with Crippen LogP contribution >= 0.6 is 11.3 Å². The molecule has 0 bridgehead atoms. The molecule has 0 spiro atoms. The predicted octanol–water partition coefficient (Wildman–Crippen LogP) is 4.28. The molecule has 2 amide bonds. The second kappa shape index (κ2) is 8.34. The van der Waals surface area contributed by atoms with Crippen LogP contribution in [0.1, 0.15) is 40.0 Å². The molecule has 2 aromatic rings. The van der Waals surface area contributed by atoms with Gasteiger partial charge in [0.05, 0.1) is 17.3 Å². The Kier molecular flexibility index (Phi) is 6.07. The number of benzene rings is 1. The molecule has 152 valence electrons. The SMILES string of the molecule is COc1ccc2nc(NC(=O)CC3CCN(C(=O)OC(C)(C)C)CC3)sc2c1. The third-order valence-electron chi connectivity index (χ3n) is 4.58. The summed E-state index contributed by atoms with van der Waals surface area (Å²) in [6, 6.07) is 5.65. The van der Waals surface area contributed by atoms with E-state index in [2.05, 4.69) is 10.3 Å². The van der Waals surface area contributed by atoms with Crippen molar-refractivity contribution in [3.8, 4) is 5.75 Å². The molecule has 7 nitrogen and oxygen atoms in total. The van der Waals surface area contributed by atoms with E-state index in [-0.39, 0.29) is 17.9 Å². The van der Waals surface area contributed by atoms with E-state index in [0.29, 0.717) is 24.6 Å². The van der Waals surface area contributed by atoms with Gasteiger partial charge in [-0.25, -0.2) is 9.78 Å². The van der Waals surface area contributed by atoms with Crippen molar-refractivity contribution in [3.05, 3.63) is 18.2 Å². The number of piperidine rings is 1. The highest BCUT2D eigenvalue weighted by molar-refractivity contribution is 7.22. The smallest absolute Gasteiger partial charge is 0.410 e.